The fourth-order valence-electron chi connectivity index (χ4n) is 1.26. The Balaban J connectivity index is 2.40. The molecule has 2 heterocycles. The number of nitrogens with two attached hydrogens (primary N) is 1. The molecule has 0 fully saturated rings. The maximum Gasteiger partial charge on any atom is 0.141 e. The summed E-state index contributed by atoms with van der Waals surface area (Å²) in [6, 6.07) is 3.50. The Morgan fingerprint density at radius 1 is 1.47 bits per heavy atom. The molecule has 2 aromatic heterocycles. The number of amidine groups is 1. The van der Waals surface area contributed by atoms with Crippen LogP contribution in [0, 0.1) is 12.3 Å². The van der Waals surface area contributed by atoms with Gasteiger partial charge in [0, 0.05) is 17.3 Å². The molecule has 3 N–H and O–H groups in total. The summed E-state index contributed by atoms with van der Waals surface area (Å²) in [6.07, 6.45) is 3.20. The van der Waals surface area contributed by atoms with Crippen LogP contribution in [0.25, 0.3) is 11.3 Å². The number of aryl methyl sites for hydroxylation is 1. The zero-order chi connectivity index (χ0) is 10.8. The van der Waals surface area contributed by atoms with E-state index in [2.05, 4.69) is 10.1 Å². The summed E-state index contributed by atoms with van der Waals surface area (Å²) in [5, 5.41) is 11.1. The molecule has 0 spiro atoms. The van der Waals surface area contributed by atoms with Crippen LogP contribution in [-0.2, 0) is 0 Å². The molecule has 15 heavy (non-hydrogen) atoms. The van der Waals surface area contributed by atoms with Gasteiger partial charge in [-0.15, -0.1) is 0 Å². The number of rotatable bonds is 2. The van der Waals surface area contributed by atoms with Crippen molar-refractivity contribution in [2.24, 2.45) is 5.73 Å². The SMILES string of the molecule is Cc1conc1-c1ccc(C(=N)N)nc1. The van der Waals surface area contributed by atoms with Gasteiger partial charge in [-0.25, -0.2) is 0 Å². The van der Waals surface area contributed by atoms with Gasteiger partial charge in [-0.3, -0.25) is 10.4 Å². The third kappa shape index (κ3) is 1.71. The van der Waals surface area contributed by atoms with Crippen molar-refractivity contribution in [3.05, 3.63) is 35.9 Å². The number of aromatic nitrogens is 2. The van der Waals surface area contributed by atoms with Gasteiger partial charge in [-0.05, 0) is 19.1 Å². The van der Waals surface area contributed by atoms with Gasteiger partial charge in [0.2, 0.25) is 0 Å². The van der Waals surface area contributed by atoms with Crippen molar-refractivity contribution in [3.63, 3.8) is 0 Å². The van der Waals surface area contributed by atoms with Crippen molar-refractivity contribution in [1.29, 1.82) is 5.41 Å². The highest BCUT2D eigenvalue weighted by molar-refractivity contribution is 5.93. The Hall–Kier alpha value is -2.17. The predicted octanol–water partition coefficient (Wildman–Crippen LogP) is 1.33. The molecule has 0 saturated carbocycles. The van der Waals surface area contributed by atoms with Crippen molar-refractivity contribution < 1.29 is 4.52 Å². The number of nitrogen functional groups attached to an aromatic ring is 1. The summed E-state index contributed by atoms with van der Waals surface area (Å²) in [6.45, 7) is 1.91. The number of nitrogens with one attached hydrogen (secondary N) is 1. The van der Waals surface area contributed by atoms with E-state index < -0.39 is 0 Å². The van der Waals surface area contributed by atoms with Crippen molar-refractivity contribution >= 4 is 5.84 Å². The molecular formula is C10H10N4O. The number of hydrogen-bond acceptors (Lipinski definition) is 4. The van der Waals surface area contributed by atoms with E-state index in [4.69, 9.17) is 15.7 Å². The lowest BCUT2D eigenvalue weighted by molar-refractivity contribution is 0.421. The molecule has 0 saturated heterocycles. The van der Waals surface area contributed by atoms with Gasteiger partial charge in [0.15, 0.2) is 0 Å². The lowest BCUT2D eigenvalue weighted by Gasteiger charge is -1.99. The van der Waals surface area contributed by atoms with Crippen LogP contribution in [0.4, 0.5) is 0 Å². The van der Waals surface area contributed by atoms with Crippen LogP contribution in [-0.4, -0.2) is 16.0 Å². The van der Waals surface area contributed by atoms with Crippen LogP contribution >= 0.6 is 0 Å². The van der Waals surface area contributed by atoms with Gasteiger partial charge in [0.25, 0.3) is 0 Å². The van der Waals surface area contributed by atoms with E-state index in [1.54, 1.807) is 18.5 Å². The molecular weight excluding hydrogens is 192 g/mol. The molecule has 0 radical (unpaired) electrons. The summed E-state index contributed by atoms with van der Waals surface area (Å²) in [7, 11) is 0. The zero-order valence-electron chi connectivity index (χ0n) is 8.19. The summed E-state index contributed by atoms with van der Waals surface area (Å²) in [4.78, 5) is 4.04. The molecule has 2 aromatic rings. The van der Waals surface area contributed by atoms with E-state index in [0.29, 0.717) is 5.69 Å². The van der Waals surface area contributed by atoms with Crippen LogP contribution in [0.3, 0.4) is 0 Å². The third-order valence-corrected chi connectivity index (χ3v) is 2.06. The van der Waals surface area contributed by atoms with Gasteiger partial charge in [-0.1, -0.05) is 5.16 Å². The Bertz CT molecular complexity index is 486. The van der Waals surface area contributed by atoms with Gasteiger partial charge < -0.3 is 10.3 Å². The minimum absolute atomic E-state index is 0.0431. The first-order valence-corrected chi connectivity index (χ1v) is 4.40. The number of hydrogen-bond donors (Lipinski definition) is 2. The minimum atomic E-state index is -0.0431. The van der Waals surface area contributed by atoms with Crippen LogP contribution in [0.2, 0.25) is 0 Å². The van der Waals surface area contributed by atoms with E-state index in [-0.39, 0.29) is 5.84 Å². The first-order chi connectivity index (χ1) is 7.18. The van der Waals surface area contributed by atoms with E-state index in [0.717, 1.165) is 16.8 Å². The molecule has 0 atom stereocenters. The first kappa shape index (κ1) is 9.39. The Labute approximate surface area is 86.4 Å². The largest absolute Gasteiger partial charge is 0.382 e. The van der Waals surface area contributed by atoms with Gasteiger partial charge >= 0.3 is 0 Å². The maximum absolute atomic E-state index is 7.20. The van der Waals surface area contributed by atoms with E-state index in [1.165, 1.54) is 0 Å². The molecule has 76 valence electrons. The molecule has 5 nitrogen and oxygen atoms in total. The molecule has 0 aliphatic rings. The van der Waals surface area contributed by atoms with E-state index in [1.807, 2.05) is 13.0 Å². The van der Waals surface area contributed by atoms with E-state index in [9.17, 15) is 0 Å². The fraction of sp³-hybridized carbons (Fsp3) is 0.100. The summed E-state index contributed by atoms with van der Waals surface area (Å²) in [5.41, 5.74) is 8.32. The first-order valence-electron chi connectivity index (χ1n) is 4.40. The molecule has 5 heteroatoms. The van der Waals surface area contributed by atoms with E-state index >= 15 is 0 Å². The molecule has 2 rings (SSSR count). The second-order valence-corrected chi connectivity index (χ2v) is 3.19. The minimum Gasteiger partial charge on any atom is -0.382 e. The summed E-state index contributed by atoms with van der Waals surface area (Å²) < 4.78 is 4.83. The van der Waals surface area contributed by atoms with Crippen LogP contribution in [0.15, 0.2) is 29.1 Å². The monoisotopic (exact) mass is 202 g/mol. The highest BCUT2D eigenvalue weighted by Crippen LogP contribution is 2.20. The Morgan fingerprint density at radius 3 is 2.73 bits per heavy atom. The number of pyridine rings is 1. The second kappa shape index (κ2) is 3.53. The highest BCUT2D eigenvalue weighted by Gasteiger charge is 2.07. The van der Waals surface area contributed by atoms with Crippen LogP contribution in [0.1, 0.15) is 11.3 Å². The smallest absolute Gasteiger partial charge is 0.141 e. The van der Waals surface area contributed by atoms with Crippen LogP contribution < -0.4 is 5.73 Å². The number of nitrogens with zero attached hydrogens (tertiary/aromatic N) is 2. The Morgan fingerprint density at radius 2 is 2.27 bits per heavy atom. The van der Waals surface area contributed by atoms with Gasteiger partial charge in [0.05, 0.1) is 0 Å². The molecule has 0 bridgehead atoms. The summed E-state index contributed by atoms with van der Waals surface area (Å²) >= 11 is 0. The zero-order valence-corrected chi connectivity index (χ0v) is 8.19. The van der Waals surface area contributed by atoms with Crippen molar-refractivity contribution in [2.45, 2.75) is 6.92 Å². The lowest BCUT2D eigenvalue weighted by Crippen LogP contribution is -2.12. The van der Waals surface area contributed by atoms with Crippen molar-refractivity contribution in [2.75, 3.05) is 0 Å². The maximum atomic E-state index is 7.20. The molecule has 0 unspecified atom stereocenters. The molecule has 0 aliphatic carbocycles. The van der Waals surface area contributed by atoms with Gasteiger partial charge in [0.1, 0.15) is 23.5 Å². The fourth-order valence-corrected chi connectivity index (χ4v) is 1.26. The summed E-state index contributed by atoms with van der Waals surface area (Å²) in [5.74, 6) is -0.0431. The average molecular weight is 202 g/mol. The molecule has 0 amide bonds. The Kier molecular flexibility index (Phi) is 2.21. The topological polar surface area (TPSA) is 88.8 Å². The molecule has 0 aromatic carbocycles. The van der Waals surface area contributed by atoms with Crippen molar-refractivity contribution in [1.82, 2.24) is 10.1 Å². The average Bonchev–Trinajstić information content (AvgIpc) is 2.65. The molecule has 0 aliphatic heterocycles. The van der Waals surface area contributed by atoms with Crippen LogP contribution in [0.5, 0.6) is 0 Å². The van der Waals surface area contributed by atoms with Crippen molar-refractivity contribution in [3.8, 4) is 11.3 Å². The van der Waals surface area contributed by atoms with Gasteiger partial charge in [-0.2, -0.15) is 0 Å². The normalized spacial score (nSPS) is 10.2. The quantitative estimate of drug-likeness (QED) is 0.568. The highest BCUT2D eigenvalue weighted by atomic mass is 16.5. The second-order valence-electron chi connectivity index (χ2n) is 3.19. The lowest BCUT2D eigenvalue weighted by atomic mass is 10.1. The third-order valence-electron chi connectivity index (χ3n) is 2.06. The predicted molar refractivity (Wildman–Crippen MR) is 55.5 cm³/mol. The standard InChI is InChI=1S/C10H10N4O/c1-6-5-15-14-9(6)7-2-3-8(10(11)12)13-4-7/h2-5H,1H3,(H3,11,12).